The van der Waals surface area contributed by atoms with E-state index in [4.69, 9.17) is 5.11 Å². The maximum Gasteiger partial charge on any atom is 0.410 e. The van der Waals surface area contributed by atoms with Crippen molar-refractivity contribution in [1.29, 1.82) is 0 Å². The van der Waals surface area contributed by atoms with E-state index in [0.717, 1.165) is 0 Å². The number of rotatable bonds is 4. The third-order valence-electron chi connectivity index (χ3n) is 2.23. The zero-order valence-electron chi connectivity index (χ0n) is 8.98. The molecule has 5 heteroatoms. The first kappa shape index (κ1) is 12.7. The summed E-state index contributed by atoms with van der Waals surface area (Å²) < 4.78 is 4.53. The van der Waals surface area contributed by atoms with Gasteiger partial charge in [0.15, 0.2) is 0 Å². The number of carboxylic acids is 1. The van der Waals surface area contributed by atoms with Gasteiger partial charge in [-0.05, 0) is 20.3 Å². The topological polar surface area (TPSA) is 66.8 Å². The Morgan fingerprint density at radius 3 is 2.21 bits per heavy atom. The molecule has 1 amide bonds. The van der Waals surface area contributed by atoms with E-state index in [-0.39, 0.29) is 6.04 Å². The molecule has 0 spiro atoms. The summed E-state index contributed by atoms with van der Waals surface area (Å²) in [6.07, 6.45) is 0.0847. The van der Waals surface area contributed by atoms with Crippen molar-refractivity contribution in [3.05, 3.63) is 0 Å². The molecular weight excluding hydrogens is 186 g/mol. The summed E-state index contributed by atoms with van der Waals surface area (Å²) >= 11 is 0. The Hall–Kier alpha value is -1.26. The molecule has 2 unspecified atom stereocenters. The maximum atomic E-state index is 11.3. The van der Waals surface area contributed by atoms with E-state index in [1.807, 2.05) is 6.92 Å². The van der Waals surface area contributed by atoms with E-state index >= 15 is 0 Å². The summed E-state index contributed by atoms with van der Waals surface area (Å²) in [7, 11) is 1.24. The summed E-state index contributed by atoms with van der Waals surface area (Å²) in [4.78, 5) is 23.3. The van der Waals surface area contributed by atoms with Crippen molar-refractivity contribution in [3.63, 3.8) is 0 Å². The van der Waals surface area contributed by atoms with Crippen LogP contribution in [0.5, 0.6) is 0 Å². The van der Waals surface area contributed by atoms with Crippen molar-refractivity contribution in [2.45, 2.75) is 39.3 Å². The number of hydrogen-bond acceptors (Lipinski definition) is 3. The number of ether oxygens (including phenoxy) is 1. The van der Waals surface area contributed by atoms with Gasteiger partial charge in [-0.2, -0.15) is 0 Å². The number of carbonyl (C=O) groups excluding carboxylic acids is 1. The first-order chi connectivity index (χ1) is 6.45. The van der Waals surface area contributed by atoms with E-state index < -0.39 is 18.1 Å². The Bertz CT molecular complexity index is 217. The molecule has 0 aromatic heterocycles. The van der Waals surface area contributed by atoms with Gasteiger partial charge in [-0.25, -0.2) is 9.59 Å². The molecule has 0 rings (SSSR count). The molecule has 0 aromatic carbocycles. The molecule has 0 aliphatic heterocycles. The summed E-state index contributed by atoms with van der Waals surface area (Å²) in [5, 5.41) is 8.79. The molecule has 14 heavy (non-hydrogen) atoms. The lowest BCUT2D eigenvalue weighted by Crippen LogP contribution is -2.48. The second kappa shape index (κ2) is 5.47. The molecule has 2 atom stereocenters. The first-order valence-corrected chi connectivity index (χ1v) is 4.54. The van der Waals surface area contributed by atoms with E-state index in [0.29, 0.717) is 6.42 Å². The van der Waals surface area contributed by atoms with Gasteiger partial charge in [0, 0.05) is 6.04 Å². The molecule has 1 N–H and O–H groups in total. The summed E-state index contributed by atoms with van der Waals surface area (Å²) in [5.74, 6) is -1.03. The van der Waals surface area contributed by atoms with Gasteiger partial charge >= 0.3 is 12.1 Å². The molecule has 0 saturated carbocycles. The largest absolute Gasteiger partial charge is 0.480 e. The van der Waals surface area contributed by atoms with Crippen LogP contribution >= 0.6 is 0 Å². The summed E-state index contributed by atoms with van der Waals surface area (Å²) in [5.41, 5.74) is 0. The lowest BCUT2D eigenvalue weighted by molar-refractivity contribution is -0.142. The Kier molecular flexibility index (Phi) is 4.97. The molecule has 0 bridgehead atoms. The molecule has 0 fully saturated rings. The minimum Gasteiger partial charge on any atom is -0.480 e. The van der Waals surface area contributed by atoms with Crippen LogP contribution in [-0.2, 0) is 9.53 Å². The van der Waals surface area contributed by atoms with E-state index in [1.54, 1.807) is 6.92 Å². The quantitative estimate of drug-likeness (QED) is 0.748. The molecular formula is C9H17NO4. The molecule has 0 radical (unpaired) electrons. The fourth-order valence-electron chi connectivity index (χ4n) is 1.14. The SMILES string of the molecule is CCC(C)N(C(=O)OC)C(C)C(=O)O. The van der Waals surface area contributed by atoms with Crippen molar-refractivity contribution in [2.75, 3.05) is 7.11 Å². The lowest BCUT2D eigenvalue weighted by atomic mass is 10.2. The zero-order valence-corrected chi connectivity index (χ0v) is 8.98. The fourth-order valence-corrected chi connectivity index (χ4v) is 1.14. The smallest absolute Gasteiger partial charge is 0.410 e. The van der Waals surface area contributed by atoms with Crippen LogP contribution in [0.2, 0.25) is 0 Å². The minimum absolute atomic E-state index is 0.145. The van der Waals surface area contributed by atoms with Gasteiger partial charge in [-0.1, -0.05) is 6.92 Å². The highest BCUT2D eigenvalue weighted by Gasteiger charge is 2.29. The van der Waals surface area contributed by atoms with E-state index in [1.165, 1.54) is 18.9 Å². The Balaban J connectivity index is 4.71. The second-order valence-electron chi connectivity index (χ2n) is 3.15. The highest BCUT2D eigenvalue weighted by atomic mass is 16.5. The van der Waals surface area contributed by atoms with Gasteiger partial charge in [0.25, 0.3) is 0 Å². The highest BCUT2D eigenvalue weighted by Crippen LogP contribution is 2.10. The number of amides is 1. The second-order valence-corrected chi connectivity index (χ2v) is 3.15. The van der Waals surface area contributed by atoms with Crippen molar-refractivity contribution < 1.29 is 19.4 Å². The lowest BCUT2D eigenvalue weighted by Gasteiger charge is -2.30. The predicted molar refractivity (Wildman–Crippen MR) is 51.1 cm³/mol. The van der Waals surface area contributed by atoms with Crippen LogP contribution < -0.4 is 0 Å². The third kappa shape index (κ3) is 2.90. The van der Waals surface area contributed by atoms with Crippen LogP contribution in [0.25, 0.3) is 0 Å². The molecule has 0 aliphatic rings. The number of carbonyl (C=O) groups is 2. The van der Waals surface area contributed by atoms with Crippen molar-refractivity contribution in [2.24, 2.45) is 0 Å². The van der Waals surface area contributed by atoms with Gasteiger partial charge in [-0.15, -0.1) is 0 Å². The third-order valence-corrected chi connectivity index (χ3v) is 2.23. The summed E-state index contributed by atoms with van der Waals surface area (Å²) in [6, 6.07) is -1.01. The van der Waals surface area contributed by atoms with Gasteiger partial charge in [0.05, 0.1) is 7.11 Å². The van der Waals surface area contributed by atoms with Crippen LogP contribution in [0.1, 0.15) is 27.2 Å². The number of aliphatic carboxylic acids is 1. The van der Waals surface area contributed by atoms with Crippen LogP contribution in [0.4, 0.5) is 4.79 Å². The Morgan fingerprint density at radius 2 is 1.93 bits per heavy atom. The Labute approximate surface area is 83.6 Å². The molecule has 0 heterocycles. The molecule has 0 aliphatic carbocycles. The van der Waals surface area contributed by atoms with Gasteiger partial charge < -0.3 is 9.84 Å². The number of carboxylic acid groups (broad SMARTS) is 1. The van der Waals surface area contributed by atoms with Crippen LogP contribution in [-0.4, -0.2) is 41.3 Å². The first-order valence-electron chi connectivity index (χ1n) is 4.54. The molecule has 0 aromatic rings. The minimum atomic E-state index is -1.03. The van der Waals surface area contributed by atoms with E-state index in [2.05, 4.69) is 4.74 Å². The van der Waals surface area contributed by atoms with Gasteiger partial charge in [0.2, 0.25) is 0 Å². The van der Waals surface area contributed by atoms with Gasteiger partial charge in [-0.3, -0.25) is 4.90 Å². The maximum absolute atomic E-state index is 11.3. The molecule has 82 valence electrons. The van der Waals surface area contributed by atoms with Crippen LogP contribution in [0, 0.1) is 0 Å². The normalized spacial score (nSPS) is 14.3. The number of hydrogen-bond donors (Lipinski definition) is 1. The standard InChI is InChI=1S/C9H17NO4/c1-5-6(2)10(9(13)14-4)7(3)8(11)12/h6-7H,5H2,1-4H3,(H,11,12). The van der Waals surface area contributed by atoms with Crippen LogP contribution in [0.15, 0.2) is 0 Å². The average molecular weight is 203 g/mol. The summed E-state index contributed by atoms with van der Waals surface area (Å²) in [6.45, 7) is 5.14. The number of methoxy groups -OCH3 is 1. The van der Waals surface area contributed by atoms with Crippen molar-refractivity contribution in [3.8, 4) is 0 Å². The van der Waals surface area contributed by atoms with Crippen molar-refractivity contribution in [1.82, 2.24) is 4.90 Å². The number of nitrogens with zero attached hydrogens (tertiary/aromatic N) is 1. The van der Waals surface area contributed by atoms with Crippen LogP contribution in [0.3, 0.4) is 0 Å². The molecule has 0 saturated heterocycles. The van der Waals surface area contributed by atoms with Crippen molar-refractivity contribution >= 4 is 12.1 Å². The van der Waals surface area contributed by atoms with Gasteiger partial charge in [0.1, 0.15) is 6.04 Å². The fraction of sp³-hybridized carbons (Fsp3) is 0.778. The predicted octanol–water partition coefficient (Wildman–Crippen LogP) is 1.33. The monoisotopic (exact) mass is 203 g/mol. The zero-order chi connectivity index (χ0) is 11.3. The highest BCUT2D eigenvalue weighted by molar-refractivity contribution is 5.79. The molecule has 5 nitrogen and oxygen atoms in total. The average Bonchev–Trinajstić information content (AvgIpc) is 2.16. The Morgan fingerprint density at radius 1 is 1.43 bits per heavy atom. The van der Waals surface area contributed by atoms with E-state index in [9.17, 15) is 9.59 Å².